The Morgan fingerprint density at radius 3 is 1.56 bits per heavy atom. The Morgan fingerprint density at radius 1 is 0.520 bits per heavy atom. The van der Waals surface area contributed by atoms with E-state index in [1.54, 1.807) is 0 Å². The van der Waals surface area contributed by atoms with Crippen molar-refractivity contribution in [3.63, 3.8) is 0 Å². The van der Waals surface area contributed by atoms with E-state index in [1.807, 2.05) is 20.8 Å². The van der Waals surface area contributed by atoms with Crippen LogP contribution in [-0.2, 0) is 38.3 Å². The van der Waals surface area contributed by atoms with Gasteiger partial charge < -0.3 is 23.7 Å². The molecule has 50 heavy (non-hydrogen) atoms. The normalized spacial score (nSPS) is 15.4. The Balaban J connectivity index is 7.32. The number of ether oxygens (including phenoxy) is 5. The first-order chi connectivity index (χ1) is 23.9. The van der Waals surface area contributed by atoms with Gasteiger partial charge in [-0.1, -0.05) is 132 Å². The van der Waals surface area contributed by atoms with Crippen molar-refractivity contribution in [1.29, 1.82) is 0 Å². The average Bonchev–Trinajstić information content (AvgIpc) is 3.05. The lowest BCUT2D eigenvalue weighted by Crippen LogP contribution is -2.69. The minimum absolute atomic E-state index is 0.279. The largest absolute Gasteiger partial charge is 0.416 e. The third kappa shape index (κ3) is 21.1. The molecule has 3 unspecified atom stereocenters. The van der Waals surface area contributed by atoms with Gasteiger partial charge in [0.2, 0.25) is 0 Å². The highest BCUT2D eigenvalue weighted by molar-refractivity contribution is 5.75. The topological polar surface area (TPSA) is 81.7 Å². The van der Waals surface area contributed by atoms with Gasteiger partial charge in [-0.3, -0.25) is 4.79 Å². The molecule has 0 aromatic heterocycles. The van der Waals surface area contributed by atoms with Crippen molar-refractivity contribution in [3.05, 3.63) is 0 Å². The van der Waals surface area contributed by atoms with E-state index >= 15 is 0 Å². The zero-order chi connectivity index (χ0) is 37.7. The molecule has 3 atom stereocenters. The van der Waals surface area contributed by atoms with E-state index in [4.69, 9.17) is 33.5 Å². The second kappa shape index (κ2) is 29.7. The van der Waals surface area contributed by atoms with Gasteiger partial charge in [-0.25, -0.2) is 4.89 Å². The van der Waals surface area contributed by atoms with E-state index in [1.165, 1.54) is 19.3 Å². The van der Waals surface area contributed by atoms with E-state index in [0.717, 1.165) is 96.3 Å². The SMILES string of the molecule is CCCCCCCCOOC(OCCCCCCC)(OC(=O)C(C)(C)C)C(OCCCCC)(OCCC(C)C)C(CCC(C)C)OCCCC. The maximum absolute atomic E-state index is 14.1. The second-order valence-electron chi connectivity index (χ2n) is 16.1. The van der Waals surface area contributed by atoms with Crippen LogP contribution in [0.4, 0.5) is 0 Å². The molecule has 0 aliphatic rings. The number of rotatable bonds is 35. The summed E-state index contributed by atoms with van der Waals surface area (Å²) in [7, 11) is 0. The van der Waals surface area contributed by atoms with Crippen LogP contribution in [0.1, 0.15) is 198 Å². The number of hydrogen-bond acceptors (Lipinski definition) is 8. The lowest BCUT2D eigenvalue weighted by Gasteiger charge is -2.49. The van der Waals surface area contributed by atoms with Crippen molar-refractivity contribution in [2.75, 3.05) is 33.0 Å². The summed E-state index contributed by atoms with van der Waals surface area (Å²) >= 11 is 0. The molecule has 0 amide bonds. The van der Waals surface area contributed by atoms with Gasteiger partial charge in [-0.05, 0) is 77.6 Å². The number of carbonyl (C=O) groups excluding carboxylic acids is 1. The first kappa shape index (κ1) is 49.2. The van der Waals surface area contributed by atoms with Crippen molar-refractivity contribution >= 4 is 5.97 Å². The summed E-state index contributed by atoms with van der Waals surface area (Å²) < 4.78 is 34.1. The Hall–Kier alpha value is -0.770. The molecule has 0 heterocycles. The molecule has 300 valence electrons. The van der Waals surface area contributed by atoms with Crippen LogP contribution in [0, 0.1) is 17.3 Å². The van der Waals surface area contributed by atoms with E-state index in [0.29, 0.717) is 44.7 Å². The summed E-state index contributed by atoms with van der Waals surface area (Å²) in [5.74, 6) is -3.63. The molecule has 8 heteroatoms. The third-order valence-electron chi connectivity index (χ3n) is 8.88. The minimum Gasteiger partial charge on any atom is -0.401 e. The van der Waals surface area contributed by atoms with Crippen LogP contribution in [0.3, 0.4) is 0 Å². The Kier molecular flexibility index (Phi) is 29.2. The number of carbonyl (C=O) groups is 1. The zero-order valence-corrected chi connectivity index (χ0v) is 35.0. The molecule has 0 fully saturated rings. The summed E-state index contributed by atoms with van der Waals surface area (Å²) in [6, 6.07) is 0. The van der Waals surface area contributed by atoms with Crippen LogP contribution >= 0.6 is 0 Å². The standard InChI is InChI=1S/C42H84O8/c1-12-16-20-22-24-27-34-48-50-42(49-39(43)40(9,10)11,47-33-26-23-21-17-13-2)41(45-32-25-18-14-3,46-35-30-37(7)8)38(29-28-36(5)6)44-31-19-15-4/h36-38H,12-35H2,1-11H3. The monoisotopic (exact) mass is 717 g/mol. The van der Waals surface area contributed by atoms with Crippen molar-refractivity contribution in [2.24, 2.45) is 17.3 Å². The Labute approximate surface area is 310 Å². The summed E-state index contributed by atoms with van der Waals surface area (Å²) in [5, 5.41) is 0. The van der Waals surface area contributed by atoms with Crippen LogP contribution in [0.2, 0.25) is 0 Å². The minimum atomic E-state index is -2.17. The van der Waals surface area contributed by atoms with Gasteiger partial charge in [0.05, 0.1) is 31.8 Å². The number of unbranched alkanes of at least 4 members (excludes halogenated alkanes) is 12. The van der Waals surface area contributed by atoms with E-state index in [2.05, 4.69) is 55.4 Å². The molecule has 8 nitrogen and oxygen atoms in total. The molecule has 0 aromatic rings. The molecular weight excluding hydrogens is 632 g/mol. The number of hydrogen-bond donors (Lipinski definition) is 0. The summed E-state index contributed by atoms with van der Waals surface area (Å²) in [6.07, 6.45) is 18.0. The summed E-state index contributed by atoms with van der Waals surface area (Å²) in [6.45, 7) is 24.8. The smallest absolute Gasteiger partial charge is 0.401 e. The summed E-state index contributed by atoms with van der Waals surface area (Å²) in [4.78, 5) is 26.5. The molecule has 0 rings (SSSR count). The van der Waals surface area contributed by atoms with E-state index < -0.39 is 29.2 Å². The van der Waals surface area contributed by atoms with Crippen LogP contribution in [0.15, 0.2) is 0 Å². The van der Waals surface area contributed by atoms with Gasteiger partial charge in [-0.15, -0.1) is 0 Å². The quantitative estimate of drug-likeness (QED) is 0.0211. The Morgan fingerprint density at radius 2 is 1.00 bits per heavy atom. The highest BCUT2D eigenvalue weighted by Crippen LogP contribution is 2.43. The van der Waals surface area contributed by atoms with Crippen molar-refractivity contribution in [1.82, 2.24) is 0 Å². The molecule has 0 aliphatic heterocycles. The van der Waals surface area contributed by atoms with Gasteiger partial charge in [-0.2, -0.15) is 4.89 Å². The van der Waals surface area contributed by atoms with Gasteiger partial charge in [0.25, 0.3) is 5.79 Å². The zero-order valence-electron chi connectivity index (χ0n) is 35.0. The lowest BCUT2D eigenvalue weighted by atomic mass is 9.95. The van der Waals surface area contributed by atoms with Gasteiger partial charge >= 0.3 is 11.9 Å². The number of esters is 1. The van der Waals surface area contributed by atoms with Crippen LogP contribution < -0.4 is 0 Å². The maximum atomic E-state index is 14.1. The molecule has 0 saturated carbocycles. The van der Waals surface area contributed by atoms with E-state index in [-0.39, 0.29) is 6.61 Å². The molecule has 0 saturated heterocycles. The van der Waals surface area contributed by atoms with Crippen molar-refractivity contribution in [3.8, 4) is 0 Å². The average molecular weight is 717 g/mol. The van der Waals surface area contributed by atoms with Gasteiger partial charge in [0, 0.05) is 6.61 Å². The molecule has 0 spiro atoms. The Bertz CT molecular complexity index is 782. The third-order valence-corrected chi connectivity index (χ3v) is 8.88. The fourth-order valence-electron chi connectivity index (χ4n) is 5.41. The highest BCUT2D eigenvalue weighted by atomic mass is 17.3. The summed E-state index contributed by atoms with van der Waals surface area (Å²) in [5.41, 5.74) is -0.860. The first-order valence-corrected chi connectivity index (χ1v) is 20.9. The molecule has 0 aromatic carbocycles. The predicted octanol–water partition coefficient (Wildman–Crippen LogP) is 12.1. The lowest BCUT2D eigenvalue weighted by molar-refractivity contribution is -0.575. The molecule has 0 N–H and O–H groups in total. The fraction of sp³-hybridized carbons (Fsp3) is 0.976. The maximum Gasteiger partial charge on any atom is 0.416 e. The van der Waals surface area contributed by atoms with Crippen LogP contribution in [0.25, 0.3) is 0 Å². The second-order valence-corrected chi connectivity index (χ2v) is 16.1. The molecule has 0 bridgehead atoms. The van der Waals surface area contributed by atoms with Gasteiger partial charge in [0.15, 0.2) is 0 Å². The predicted molar refractivity (Wildman–Crippen MR) is 206 cm³/mol. The molecule has 0 radical (unpaired) electrons. The highest BCUT2D eigenvalue weighted by Gasteiger charge is 2.67. The molecular formula is C42H84O8. The van der Waals surface area contributed by atoms with Gasteiger partial charge in [0.1, 0.15) is 6.10 Å². The van der Waals surface area contributed by atoms with E-state index in [9.17, 15) is 4.79 Å². The van der Waals surface area contributed by atoms with Crippen LogP contribution in [0.5, 0.6) is 0 Å². The fourth-order valence-corrected chi connectivity index (χ4v) is 5.41. The molecule has 0 aliphatic carbocycles. The first-order valence-electron chi connectivity index (χ1n) is 20.9. The van der Waals surface area contributed by atoms with Crippen molar-refractivity contribution < 1.29 is 38.3 Å². The van der Waals surface area contributed by atoms with Crippen LogP contribution in [-0.4, -0.2) is 56.9 Å². The van der Waals surface area contributed by atoms with Crippen molar-refractivity contribution in [2.45, 2.75) is 216 Å².